The van der Waals surface area contributed by atoms with Gasteiger partial charge in [0.15, 0.2) is 5.96 Å². The maximum Gasteiger partial charge on any atom is 0.246 e. The van der Waals surface area contributed by atoms with E-state index >= 15 is 0 Å². The predicted molar refractivity (Wildman–Crippen MR) is 128 cm³/mol. The second-order valence-electron chi connectivity index (χ2n) is 7.34. The molecule has 0 bridgehead atoms. The van der Waals surface area contributed by atoms with Gasteiger partial charge >= 0.3 is 0 Å². The number of anilines is 1. The van der Waals surface area contributed by atoms with Gasteiger partial charge in [0.05, 0.1) is 11.9 Å². The van der Waals surface area contributed by atoms with Crippen LogP contribution in [0.2, 0.25) is 0 Å². The van der Waals surface area contributed by atoms with Crippen LogP contribution >= 0.6 is 35.7 Å². The topological polar surface area (TPSA) is 65.8 Å². The van der Waals surface area contributed by atoms with Gasteiger partial charge in [0.2, 0.25) is 5.91 Å². The highest BCUT2D eigenvalue weighted by atomic mass is 127. The fourth-order valence-electron chi connectivity index (χ4n) is 3.44. The summed E-state index contributed by atoms with van der Waals surface area (Å²) in [5.41, 5.74) is 0.853. The summed E-state index contributed by atoms with van der Waals surface area (Å²) in [7, 11) is 3.64. The number of guanidine groups is 1. The van der Waals surface area contributed by atoms with Crippen LogP contribution in [0.25, 0.3) is 0 Å². The number of halogens is 1. The normalized spacial score (nSPS) is 18.4. The molecule has 1 aromatic carbocycles. The summed E-state index contributed by atoms with van der Waals surface area (Å²) in [5, 5.41) is 7.67. The van der Waals surface area contributed by atoms with Crippen molar-refractivity contribution < 1.29 is 4.79 Å². The Morgan fingerprint density at radius 2 is 2.03 bits per heavy atom. The van der Waals surface area contributed by atoms with Gasteiger partial charge in [-0.2, -0.15) is 5.10 Å². The molecule has 1 aliphatic carbocycles. The fraction of sp³-hybridized carbons (Fsp3) is 0.450. The Labute approximate surface area is 192 Å². The standard InChI is InChI=1S/C20H26N6OS.HI/c1-21-19(22-15-20(8-9-20)28-17-6-4-3-5-7-17)25-10-11-26(18(27)14-25)16-12-23-24(2)13-16;/h3-7,12-13H,8-11,14-15H2,1-2H3,(H,21,22);1H. The number of aromatic nitrogens is 2. The third kappa shape index (κ3) is 5.25. The van der Waals surface area contributed by atoms with E-state index in [2.05, 4.69) is 39.7 Å². The van der Waals surface area contributed by atoms with Crippen molar-refractivity contribution >= 4 is 53.3 Å². The number of thioether (sulfide) groups is 1. The lowest BCUT2D eigenvalue weighted by molar-refractivity contribution is -0.120. The first-order chi connectivity index (χ1) is 13.6. The zero-order valence-electron chi connectivity index (χ0n) is 16.7. The summed E-state index contributed by atoms with van der Waals surface area (Å²) >= 11 is 1.94. The van der Waals surface area contributed by atoms with Gasteiger partial charge < -0.3 is 15.1 Å². The van der Waals surface area contributed by atoms with Crippen LogP contribution in [-0.2, 0) is 11.8 Å². The number of rotatable bonds is 5. The van der Waals surface area contributed by atoms with E-state index in [9.17, 15) is 4.79 Å². The molecule has 2 aromatic rings. The number of amides is 1. The van der Waals surface area contributed by atoms with Crippen LogP contribution in [0.3, 0.4) is 0 Å². The molecule has 7 nitrogen and oxygen atoms in total. The van der Waals surface area contributed by atoms with E-state index in [1.54, 1.807) is 22.8 Å². The molecule has 1 amide bonds. The number of hydrogen-bond acceptors (Lipinski definition) is 4. The molecule has 1 saturated carbocycles. The van der Waals surface area contributed by atoms with Crippen molar-refractivity contribution in [3.8, 4) is 0 Å². The van der Waals surface area contributed by atoms with Crippen molar-refractivity contribution in [2.45, 2.75) is 22.5 Å². The van der Waals surface area contributed by atoms with Crippen LogP contribution in [0.5, 0.6) is 0 Å². The lowest BCUT2D eigenvalue weighted by Gasteiger charge is -2.35. The van der Waals surface area contributed by atoms with Crippen LogP contribution in [0.15, 0.2) is 52.6 Å². The number of hydrogen-bond donors (Lipinski definition) is 1. The van der Waals surface area contributed by atoms with Gasteiger partial charge in [-0.1, -0.05) is 18.2 Å². The van der Waals surface area contributed by atoms with Crippen LogP contribution in [0, 0.1) is 0 Å². The number of piperazine rings is 1. The van der Waals surface area contributed by atoms with Gasteiger partial charge in [-0.15, -0.1) is 35.7 Å². The third-order valence-corrected chi connectivity index (χ3v) is 6.68. The molecule has 1 saturated heterocycles. The van der Waals surface area contributed by atoms with Crippen LogP contribution < -0.4 is 10.2 Å². The van der Waals surface area contributed by atoms with E-state index in [-0.39, 0.29) is 34.6 Å². The fourth-order valence-corrected chi connectivity index (χ4v) is 4.68. The Balaban J connectivity index is 0.00000240. The highest BCUT2D eigenvalue weighted by Crippen LogP contribution is 2.51. The Morgan fingerprint density at radius 3 is 2.62 bits per heavy atom. The Kier molecular flexibility index (Phi) is 7.10. The van der Waals surface area contributed by atoms with Gasteiger partial charge in [-0.3, -0.25) is 14.5 Å². The zero-order chi connectivity index (χ0) is 19.6. The van der Waals surface area contributed by atoms with E-state index in [1.807, 2.05) is 36.0 Å². The Morgan fingerprint density at radius 1 is 1.28 bits per heavy atom. The number of benzene rings is 1. The molecule has 1 aromatic heterocycles. The second-order valence-corrected chi connectivity index (χ2v) is 8.88. The largest absolute Gasteiger partial charge is 0.355 e. The first kappa shape index (κ1) is 21.9. The highest BCUT2D eigenvalue weighted by Gasteiger charge is 2.44. The summed E-state index contributed by atoms with van der Waals surface area (Å²) < 4.78 is 1.95. The lowest BCUT2D eigenvalue weighted by Crippen LogP contribution is -2.56. The molecular formula is C20H27IN6OS. The van der Waals surface area contributed by atoms with Gasteiger partial charge in [0.25, 0.3) is 0 Å². The molecule has 0 spiro atoms. The van der Waals surface area contributed by atoms with Crippen molar-refractivity contribution in [1.82, 2.24) is 20.0 Å². The molecule has 9 heteroatoms. The minimum absolute atomic E-state index is 0. The zero-order valence-corrected chi connectivity index (χ0v) is 19.9. The van der Waals surface area contributed by atoms with Crippen molar-refractivity contribution in [2.75, 3.05) is 38.1 Å². The van der Waals surface area contributed by atoms with Crippen LogP contribution in [-0.4, -0.2) is 64.5 Å². The third-order valence-electron chi connectivity index (χ3n) is 5.19. The first-order valence-corrected chi connectivity index (χ1v) is 10.4. The second kappa shape index (κ2) is 9.38. The van der Waals surface area contributed by atoms with Crippen molar-refractivity contribution in [2.24, 2.45) is 12.0 Å². The number of carbonyl (C=O) groups excluding carboxylic acids is 1. The summed E-state index contributed by atoms with van der Waals surface area (Å²) in [4.78, 5) is 22.2. The number of aliphatic imine (C=N–C) groups is 1. The van der Waals surface area contributed by atoms with Gasteiger partial charge in [-0.25, -0.2) is 0 Å². The van der Waals surface area contributed by atoms with E-state index in [1.165, 1.54) is 17.7 Å². The molecule has 0 radical (unpaired) electrons. The van der Waals surface area contributed by atoms with Crippen molar-refractivity contribution in [1.29, 1.82) is 0 Å². The van der Waals surface area contributed by atoms with E-state index in [4.69, 9.17) is 0 Å². The van der Waals surface area contributed by atoms with Gasteiger partial charge in [0.1, 0.15) is 6.54 Å². The molecule has 4 rings (SSSR count). The van der Waals surface area contributed by atoms with Crippen LogP contribution in [0.4, 0.5) is 5.69 Å². The SMILES string of the molecule is CN=C(NCC1(Sc2ccccc2)CC1)N1CCN(c2cnn(C)c2)C(=O)C1.I. The van der Waals surface area contributed by atoms with E-state index in [0.29, 0.717) is 13.1 Å². The molecule has 1 aliphatic heterocycles. The molecule has 0 atom stereocenters. The van der Waals surface area contributed by atoms with Crippen molar-refractivity contribution in [3.63, 3.8) is 0 Å². The Bertz CT molecular complexity index is 867. The Hall–Kier alpha value is -1.75. The van der Waals surface area contributed by atoms with E-state index < -0.39 is 0 Å². The molecule has 2 fully saturated rings. The predicted octanol–water partition coefficient (Wildman–Crippen LogP) is 2.59. The first-order valence-electron chi connectivity index (χ1n) is 9.57. The minimum Gasteiger partial charge on any atom is -0.355 e. The lowest BCUT2D eigenvalue weighted by atomic mass is 10.3. The molecule has 2 aliphatic rings. The van der Waals surface area contributed by atoms with Crippen LogP contribution in [0.1, 0.15) is 12.8 Å². The number of nitrogens with one attached hydrogen (secondary N) is 1. The summed E-state index contributed by atoms with van der Waals surface area (Å²) in [6.45, 7) is 2.57. The molecular weight excluding hydrogens is 499 g/mol. The smallest absolute Gasteiger partial charge is 0.246 e. The number of aryl methyl sites for hydroxylation is 1. The monoisotopic (exact) mass is 526 g/mol. The molecule has 1 N–H and O–H groups in total. The summed E-state index contributed by atoms with van der Waals surface area (Å²) in [5.74, 6) is 0.876. The number of carbonyl (C=O) groups is 1. The molecule has 2 heterocycles. The summed E-state index contributed by atoms with van der Waals surface area (Å²) in [6.07, 6.45) is 6.01. The van der Waals surface area contributed by atoms with Gasteiger partial charge in [0, 0.05) is 49.6 Å². The van der Waals surface area contributed by atoms with E-state index in [0.717, 1.165) is 24.7 Å². The molecule has 29 heavy (non-hydrogen) atoms. The van der Waals surface area contributed by atoms with Gasteiger partial charge in [-0.05, 0) is 25.0 Å². The molecule has 156 valence electrons. The maximum atomic E-state index is 12.6. The average molecular weight is 526 g/mol. The highest BCUT2D eigenvalue weighted by molar-refractivity contribution is 14.0. The molecule has 0 unspecified atom stereocenters. The average Bonchev–Trinajstić information content (AvgIpc) is 3.32. The number of nitrogens with zero attached hydrogens (tertiary/aromatic N) is 5. The summed E-state index contributed by atoms with van der Waals surface area (Å²) in [6, 6.07) is 10.5. The quantitative estimate of drug-likeness (QED) is 0.369. The minimum atomic E-state index is 0. The maximum absolute atomic E-state index is 12.6. The van der Waals surface area contributed by atoms with Crippen molar-refractivity contribution in [3.05, 3.63) is 42.7 Å².